The molecule has 1 atom stereocenters. The van der Waals surface area contributed by atoms with Crippen molar-refractivity contribution in [1.82, 2.24) is 4.90 Å². The van der Waals surface area contributed by atoms with Gasteiger partial charge in [0.2, 0.25) is 5.91 Å². The summed E-state index contributed by atoms with van der Waals surface area (Å²) in [4.78, 5) is 25.1. The Bertz CT molecular complexity index is 991. The summed E-state index contributed by atoms with van der Waals surface area (Å²) in [6.07, 6.45) is 4.22. The van der Waals surface area contributed by atoms with E-state index in [0.29, 0.717) is 17.3 Å². The van der Waals surface area contributed by atoms with Crippen LogP contribution < -0.4 is 4.74 Å². The lowest BCUT2D eigenvalue weighted by molar-refractivity contribution is -0.384. The number of rotatable bonds is 9. The summed E-state index contributed by atoms with van der Waals surface area (Å²) < 4.78 is 5.19. The molecule has 8 nitrogen and oxygen atoms in total. The van der Waals surface area contributed by atoms with Crippen LogP contribution in [-0.2, 0) is 11.3 Å². The van der Waals surface area contributed by atoms with Crippen LogP contribution in [0.4, 0.5) is 5.69 Å². The molecule has 0 bridgehead atoms. The largest absolute Gasteiger partial charge is 0.497 e. The van der Waals surface area contributed by atoms with Crippen LogP contribution in [0.25, 0.3) is 0 Å². The Hall–Kier alpha value is -3.20. The quantitative estimate of drug-likeness (QED) is 0.322. The lowest BCUT2D eigenvalue weighted by atomic mass is 10.1. The maximum Gasteiger partial charge on any atom is 0.270 e. The number of non-ortho nitro benzene ring substituents is 1. The van der Waals surface area contributed by atoms with Crippen molar-refractivity contribution >= 4 is 34.7 Å². The van der Waals surface area contributed by atoms with Crippen LogP contribution >= 0.6 is 11.8 Å². The monoisotopic (exact) mass is 440 g/mol. The van der Waals surface area contributed by atoms with Crippen LogP contribution in [0.15, 0.2) is 58.7 Å². The lowest BCUT2D eigenvalue weighted by Gasteiger charge is -2.16. The third-order valence-electron chi connectivity index (χ3n) is 4.77. The summed E-state index contributed by atoms with van der Waals surface area (Å²) in [5.41, 5.74) is 1.51. The van der Waals surface area contributed by atoms with Gasteiger partial charge in [0.1, 0.15) is 5.75 Å². The van der Waals surface area contributed by atoms with Gasteiger partial charge in [0.25, 0.3) is 5.69 Å². The summed E-state index contributed by atoms with van der Waals surface area (Å²) in [6.45, 7) is 2.49. The predicted molar refractivity (Wildman–Crippen MR) is 123 cm³/mol. The van der Waals surface area contributed by atoms with Crippen LogP contribution in [0.2, 0.25) is 0 Å². The Morgan fingerprint density at radius 3 is 2.71 bits per heavy atom. The summed E-state index contributed by atoms with van der Waals surface area (Å²) in [5.74, 6) is 0.778. The average molecular weight is 441 g/mol. The number of nitro groups is 1. The molecular weight excluding hydrogens is 416 g/mol. The number of carbonyl (C=O) groups excluding carboxylic acids is 1. The van der Waals surface area contributed by atoms with E-state index in [0.717, 1.165) is 30.6 Å². The smallest absolute Gasteiger partial charge is 0.270 e. The number of methoxy groups -OCH3 is 1. The Kier molecular flexibility index (Phi) is 7.77. The van der Waals surface area contributed by atoms with E-state index in [1.54, 1.807) is 24.1 Å². The SMILES string of the molecule is CCCCC1S/C(=N\N=C\c2cccc([N+](=O)[O-])c2)N(Cc2ccc(OC)cc2)C1=O. The molecule has 1 unspecified atom stereocenters. The van der Waals surface area contributed by atoms with E-state index < -0.39 is 4.92 Å². The van der Waals surface area contributed by atoms with Gasteiger partial charge in [0.15, 0.2) is 5.17 Å². The molecule has 0 N–H and O–H groups in total. The van der Waals surface area contributed by atoms with Gasteiger partial charge in [-0.3, -0.25) is 19.8 Å². The minimum Gasteiger partial charge on any atom is -0.497 e. The lowest BCUT2D eigenvalue weighted by Crippen LogP contribution is -2.31. The molecule has 0 aromatic heterocycles. The van der Waals surface area contributed by atoms with Crippen LogP contribution in [-0.4, -0.2) is 39.5 Å². The molecule has 0 radical (unpaired) electrons. The van der Waals surface area contributed by atoms with E-state index in [-0.39, 0.29) is 16.8 Å². The van der Waals surface area contributed by atoms with Crippen molar-refractivity contribution in [2.45, 2.75) is 38.0 Å². The fourth-order valence-corrected chi connectivity index (χ4v) is 4.22. The second kappa shape index (κ2) is 10.7. The van der Waals surface area contributed by atoms with Crippen LogP contribution in [0.3, 0.4) is 0 Å². The molecule has 162 valence electrons. The van der Waals surface area contributed by atoms with Gasteiger partial charge in [-0.25, -0.2) is 0 Å². The molecule has 3 rings (SSSR count). The van der Waals surface area contributed by atoms with Gasteiger partial charge < -0.3 is 4.74 Å². The van der Waals surface area contributed by atoms with E-state index in [2.05, 4.69) is 17.1 Å². The van der Waals surface area contributed by atoms with Crippen LogP contribution in [0, 0.1) is 10.1 Å². The number of unbranched alkanes of at least 4 members (excludes halogenated alkanes) is 1. The minimum atomic E-state index is -0.455. The zero-order chi connectivity index (χ0) is 22.2. The Labute approximate surface area is 185 Å². The van der Waals surface area contributed by atoms with E-state index in [4.69, 9.17) is 4.74 Å². The van der Waals surface area contributed by atoms with Gasteiger partial charge in [-0.05, 0) is 24.1 Å². The fraction of sp³-hybridized carbons (Fsp3) is 0.318. The fourth-order valence-electron chi connectivity index (χ4n) is 3.08. The van der Waals surface area contributed by atoms with Gasteiger partial charge in [0, 0.05) is 17.7 Å². The van der Waals surface area contributed by atoms with E-state index in [1.807, 2.05) is 24.3 Å². The van der Waals surface area contributed by atoms with Gasteiger partial charge in [-0.2, -0.15) is 5.10 Å². The highest BCUT2D eigenvalue weighted by atomic mass is 32.2. The summed E-state index contributed by atoms with van der Waals surface area (Å²) in [7, 11) is 1.61. The second-order valence-electron chi connectivity index (χ2n) is 7.00. The van der Waals surface area contributed by atoms with Crippen molar-refractivity contribution in [2.24, 2.45) is 10.2 Å². The Morgan fingerprint density at radius 1 is 1.26 bits per heavy atom. The van der Waals surface area contributed by atoms with Crippen molar-refractivity contribution in [2.75, 3.05) is 7.11 Å². The zero-order valence-electron chi connectivity index (χ0n) is 17.4. The summed E-state index contributed by atoms with van der Waals surface area (Å²) in [6, 6.07) is 13.7. The number of ether oxygens (including phenoxy) is 1. The molecule has 1 fully saturated rings. The average Bonchev–Trinajstić information content (AvgIpc) is 3.07. The van der Waals surface area contributed by atoms with Gasteiger partial charge >= 0.3 is 0 Å². The Morgan fingerprint density at radius 2 is 2.03 bits per heavy atom. The van der Waals surface area contributed by atoms with Gasteiger partial charge in [-0.15, -0.1) is 5.10 Å². The first kappa shape index (κ1) is 22.5. The van der Waals surface area contributed by atoms with Gasteiger partial charge in [0.05, 0.1) is 30.0 Å². The zero-order valence-corrected chi connectivity index (χ0v) is 18.2. The molecule has 0 aliphatic carbocycles. The molecule has 1 amide bonds. The molecule has 1 heterocycles. The first-order valence-corrected chi connectivity index (χ1v) is 10.9. The van der Waals surface area contributed by atoms with Crippen molar-refractivity contribution in [3.05, 3.63) is 69.8 Å². The van der Waals surface area contributed by atoms with Crippen LogP contribution in [0.5, 0.6) is 5.75 Å². The first-order chi connectivity index (χ1) is 15.0. The maximum absolute atomic E-state index is 13.0. The maximum atomic E-state index is 13.0. The predicted octanol–water partition coefficient (Wildman–Crippen LogP) is 4.63. The molecule has 0 saturated carbocycles. The summed E-state index contributed by atoms with van der Waals surface area (Å²) in [5, 5.41) is 19.7. The highest BCUT2D eigenvalue weighted by Gasteiger charge is 2.37. The van der Waals surface area contributed by atoms with E-state index >= 15 is 0 Å². The second-order valence-corrected chi connectivity index (χ2v) is 8.17. The molecule has 31 heavy (non-hydrogen) atoms. The number of benzene rings is 2. The number of hydrogen-bond donors (Lipinski definition) is 0. The highest BCUT2D eigenvalue weighted by Crippen LogP contribution is 2.32. The molecular formula is C22H24N4O4S. The van der Waals surface area contributed by atoms with E-state index in [1.165, 1.54) is 30.1 Å². The number of nitro benzene ring substituents is 1. The third kappa shape index (κ3) is 5.91. The molecule has 2 aromatic rings. The number of carbonyl (C=O) groups is 1. The molecule has 9 heteroatoms. The molecule has 1 saturated heterocycles. The van der Waals surface area contributed by atoms with Gasteiger partial charge in [-0.1, -0.05) is 55.8 Å². The van der Waals surface area contributed by atoms with Crippen molar-refractivity contribution in [1.29, 1.82) is 0 Å². The number of nitrogens with zero attached hydrogens (tertiary/aromatic N) is 4. The number of amides is 1. The van der Waals surface area contributed by atoms with E-state index in [9.17, 15) is 14.9 Å². The molecule has 2 aromatic carbocycles. The standard InChI is InChI=1S/C22H24N4O4S/c1-3-4-8-20-21(27)25(15-16-9-11-19(30-2)12-10-16)22(31-20)24-23-14-17-6-5-7-18(13-17)26(28)29/h5-7,9-14,20H,3-4,8,15H2,1-2H3/b23-14+,24-22-. The normalized spacial score (nSPS) is 17.6. The first-order valence-electron chi connectivity index (χ1n) is 9.98. The number of thioether (sulfide) groups is 1. The topological polar surface area (TPSA) is 97.4 Å². The molecule has 1 aliphatic heterocycles. The molecule has 1 aliphatic rings. The summed E-state index contributed by atoms with van der Waals surface area (Å²) >= 11 is 1.42. The molecule has 0 spiro atoms. The van der Waals surface area contributed by atoms with Crippen molar-refractivity contribution in [3.8, 4) is 5.75 Å². The Balaban J connectivity index is 1.80. The number of hydrogen-bond acceptors (Lipinski definition) is 7. The number of amidine groups is 1. The van der Waals surface area contributed by atoms with Crippen LogP contribution in [0.1, 0.15) is 37.3 Å². The minimum absolute atomic E-state index is 0.0113. The van der Waals surface area contributed by atoms with Crippen molar-refractivity contribution < 1.29 is 14.5 Å². The van der Waals surface area contributed by atoms with Crippen molar-refractivity contribution in [3.63, 3.8) is 0 Å². The highest BCUT2D eigenvalue weighted by molar-refractivity contribution is 8.15. The third-order valence-corrected chi connectivity index (χ3v) is 6.01.